The van der Waals surface area contributed by atoms with Gasteiger partial charge in [0.1, 0.15) is 0 Å². The molecule has 4 aromatic rings. The summed E-state index contributed by atoms with van der Waals surface area (Å²) in [6, 6.07) is 22.3. The van der Waals surface area contributed by atoms with Gasteiger partial charge in [0.2, 0.25) is 5.91 Å². The van der Waals surface area contributed by atoms with Gasteiger partial charge in [-0.15, -0.1) is 11.3 Å². The predicted molar refractivity (Wildman–Crippen MR) is 121 cm³/mol. The Morgan fingerprint density at radius 2 is 1.72 bits per heavy atom. The highest BCUT2D eigenvalue weighted by molar-refractivity contribution is 7.11. The van der Waals surface area contributed by atoms with Crippen molar-refractivity contribution in [2.45, 2.75) is 26.3 Å². The summed E-state index contributed by atoms with van der Waals surface area (Å²) in [7, 11) is 0. The molecule has 146 valence electrons. The lowest BCUT2D eigenvalue weighted by Crippen LogP contribution is -2.24. The monoisotopic (exact) mass is 420 g/mol. The Kier molecular flexibility index (Phi) is 5.93. The topological polar surface area (TPSA) is 42.0 Å². The fraction of sp³-hybridized carbons (Fsp3) is 0.167. The largest absolute Gasteiger partial charge is 0.352 e. The Hall–Kier alpha value is -2.69. The summed E-state index contributed by atoms with van der Waals surface area (Å²) in [5, 5.41) is 7.14. The highest BCUT2D eigenvalue weighted by Gasteiger charge is 2.13. The molecule has 0 aliphatic carbocycles. The van der Waals surface area contributed by atoms with Gasteiger partial charge in [0, 0.05) is 22.9 Å². The number of halogens is 1. The van der Waals surface area contributed by atoms with Crippen LogP contribution in [0.1, 0.15) is 26.7 Å². The second-order valence-corrected chi connectivity index (χ2v) is 8.55. The molecule has 0 fully saturated rings. The first-order valence-electron chi connectivity index (χ1n) is 9.52. The number of amides is 1. The lowest BCUT2D eigenvalue weighted by atomic mass is 10.0. The van der Waals surface area contributed by atoms with E-state index in [4.69, 9.17) is 16.6 Å². The van der Waals surface area contributed by atoms with E-state index < -0.39 is 0 Å². The smallest absolute Gasteiger partial charge is 0.225 e. The quantitative estimate of drug-likeness (QED) is 0.434. The minimum absolute atomic E-state index is 0.0200. The Bertz CT molecular complexity index is 1160. The summed E-state index contributed by atoms with van der Waals surface area (Å²) < 4.78 is 0. The Labute approximate surface area is 179 Å². The molecule has 0 saturated carbocycles. The van der Waals surface area contributed by atoms with Gasteiger partial charge in [-0.2, -0.15) is 0 Å². The highest BCUT2D eigenvalue weighted by Crippen LogP contribution is 2.25. The molecule has 0 bridgehead atoms. The third-order valence-corrected chi connectivity index (χ3v) is 6.44. The number of benzene rings is 3. The number of nitrogens with zero attached hydrogens (tertiary/aromatic N) is 1. The molecule has 1 aromatic heterocycles. The van der Waals surface area contributed by atoms with E-state index in [2.05, 4.69) is 47.8 Å². The lowest BCUT2D eigenvalue weighted by molar-refractivity contribution is -0.120. The molecular formula is C24H21ClN2OS. The molecule has 0 aliphatic heterocycles. The average Bonchev–Trinajstić information content (AvgIpc) is 3.06. The van der Waals surface area contributed by atoms with Crippen LogP contribution in [0.4, 0.5) is 0 Å². The molecule has 29 heavy (non-hydrogen) atoms. The zero-order valence-electron chi connectivity index (χ0n) is 16.1. The first-order chi connectivity index (χ1) is 14.1. The first kappa shape index (κ1) is 19.6. The maximum atomic E-state index is 12.4. The summed E-state index contributed by atoms with van der Waals surface area (Å²) in [6.45, 7) is 2.40. The van der Waals surface area contributed by atoms with Crippen molar-refractivity contribution in [3.05, 3.63) is 98.5 Å². The van der Waals surface area contributed by atoms with Crippen LogP contribution in [-0.4, -0.2) is 10.9 Å². The molecule has 1 heterocycles. The molecule has 5 heteroatoms. The second kappa shape index (κ2) is 8.76. The van der Waals surface area contributed by atoms with Crippen molar-refractivity contribution in [1.82, 2.24) is 10.3 Å². The predicted octanol–water partition coefficient (Wildman–Crippen LogP) is 5.71. The van der Waals surface area contributed by atoms with Crippen molar-refractivity contribution < 1.29 is 4.79 Å². The number of rotatable bonds is 6. The molecule has 0 aliphatic rings. The van der Waals surface area contributed by atoms with E-state index in [1.54, 1.807) is 11.3 Å². The Morgan fingerprint density at radius 1 is 1.00 bits per heavy atom. The van der Waals surface area contributed by atoms with E-state index in [1.165, 1.54) is 16.3 Å². The number of thiazole rings is 1. The summed E-state index contributed by atoms with van der Waals surface area (Å²) in [5.74, 6) is -0.0200. The van der Waals surface area contributed by atoms with Crippen LogP contribution in [0, 0.1) is 6.92 Å². The van der Waals surface area contributed by atoms with Crippen molar-refractivity contribution in [3.8, 4) is 0 Å². The average molecular weight is 421 g/mol. The van der Waals surface area contributed by atoms with Gasteiger partial charge in [0.05, 0.1) is 17.1 Å². The maximum absolute atomic E-state index is 12.4. The van der Waals surface area contributed by atoms with Crippen LogP contribution < -0.4 is 5.32 Å². The molecule has 1 N–H and O–H groups in total. The number of aryl methyl sites for hydroxylation is 1. The SMILES string of the molecule is Cc1nc(Cc2cccc3ccccc23)sc1CC(=O)NCc1ccccc1Cl. The molecule has 3 aromatic carbocycles. The van der Waals surface area contributed by atoms with Crippen molar-refractivity contribution in [2.24, 2.45) is 0 Å². The number of nitrogens with one attached hydrogen (secondary N) is 1. The normalized spacial score (nSPS) is 11.0. The van der Waals surface area contributed by atoms with E-state index in [0.717, 1.165) is 27.6 Å². The van der Waals surface area contributed by atoms with Crippen LogP contribution in [0.3, 0.4) is 0 Å². The third-order valence-electron chi connectivity index (χ3n) is 4.91. The molecule has 1 amide bonds. The number of carbonyl (C=O) groups excluding carboxylic acids is 1. The number of aromatic nitrogens is 1. The fourth-order valence-corrected chi connectivity index (χ4v) is 4.68. The summed E-state index contributed by atoms with van der Waals surface area (Å²) in [6.07, 6.45) is 1.11. The number of carbonyl (C=O) groups is 1. The molecule has 4 rings (SSSR count). The first-order valence-corrected chi connectivity index (χ1v) is 10.7. The fourth-order valence-electron chi connectivity index (χ4n) is 3.38. The minimum Gasteiger partial charge on any atom is -0.352 e. The highest BCUT2D eigenvalue weighted by atomic mass is 35.5. The van der Waals surface area contributed by atoms with Gasteiger partial charge < -0.3 is 5.32 Å². The van der Waals surface area contributed by atoms with E-state index >= 15 is 0 Å². The van der Waals surface area contributed by atoms with E-state index in [1.807, 2.05) is 31.2 Å². The molecular weight excluding hydrogens is 400 g/mol. The summed E-state index contributed by atoms with van der Waals surface area (Å²) in [5.41, 5.74) is 3.10. The van der Waals surface area contributed by atoms with Crippen LogP contribution in [-0.2, 0) is 24.2 Å². The van der Waals surface area contributed by atoms with Crippen LogP contribution in [0.2, 0.25) is 5.02 Å². The van der Waals surface area contributed by atoms with Crippen LogP contribution in [0.25, 0.3) is 10.8 Å². The number of hydrogen-bond acceptors (Lipinski definition) is 3. The van der Waals surface area contributed by atoms with Crippen molar-refractivity contribution in [1.29, 1.82) is 0 Å². The summed E-state index contributed by atoms with van der Waals surface area (Å²) in [4.78, 5) is 18.1. The van der Waals surface area contributed by atoms with Crippen molar-refractivity contribution >= 4 is 39.6 Å². The van der Waals surface area contributed by atoms with Gasteiger partial charge in [-0.1, -0.05) is 72.3 Å². The Balaban J connectivity index is 1.44. The van der Waals surface area contributed by atoms with Crippen molar-refractivity contribution in [2.75, 3.05) is 0 Å². The van der Waals surface area contributed by atoms with Gasteiger partial charge >= 0.3 is 0 Å². The number of fused-ring (bicyclic) bond motifs is 1. The zero-order valence-corrected chi connectivity index (χ0v) is 17.7. The van der Waals surface area contributed by atoms with Crippen LogP contribution in [0.5, 0.6) is 0 Å². The van der Waals surface area contributed by atoms with Gasteiger partial charge in [0.15, 0.2) is 0 Å². The molecule has 0 atom stereocenters. The van der Waals surface area contributed by atoms with Gasteiger partial charge in [0.25, 0.3) is 0 Å². The molecule has 0 saturated heterocycles. The minimum atomic E-state index is -0.0200. The maximum Gasteiger partial charge on any atom is 0.225 e. The van der Waals surface area contributed by atoms with Gasteiger partial charge in [-0.3, -0.25) is 4.79 Å². The van der Waals surface area contributed by atoms with E-state index in [0.29, 0.717) is 18.0 Å². The number of hydrogen-bond donors (Lipinski definition) is 1. The molecule has 0 spiro atoms. The molecule has 3 nitrogen and oxygen atoms in total. The third kappa shape index (κ3) is 4.66. The van der Waals surface area contributed by atoms with Crippen LogP contribution >= 0.6 is 22.9 Å². The summed E-state index contributed by atoms with van der Waals surface area (Å²) >= 11 is 7.77. The molecule has 0 radical (unpaired) electrons. The van der Waals surface area contributed by atoms with E-state index in [9.17, 15) is 4.79 Å². The molecule has 0 unspecified atom stereocenters. The van der Waals surface area contributed by atoms with Gasteiger partial charge in [-0.05, 0) is 34.9 Å². The van der Waals surface area contributed by atoms with E-state index in [-0.39, 0.29) is 5.91 Å². The van der Waals surface area contributed by atoms with Crippen molar-refractivity contribution in [3.63, 3.8) is 0 Å². The standard InChI is InChI=1S/C24H21ClN2OS/c1-16-22(14-23(28)26-15-19-8-3-5-12-21(19)25)29-24(27-16)13-18-10-6-9-17-7-2-4-11-20(17)18/h2-12H,13-15H2,1H3,(H,26,28). The zero-order chi connectivity index (χ0) is 20.2. The van der Waals surface area contributed by atoms with Crippen LogP contribution in [0.15, 0.2) is 66.7 Å². The Morgan fingerprint density at radius 3 is 2.59 bits per heavy atom. The second-order valence-electron chi connectivity index (χ2n) is 6.98. The van der Waals surface area contributed by atoms with Gasteiger partial charge in [-0.25, -0.2) is 4.98 Å². The lowest BCUT2D eigenvalue weighted by Gasteiger charge is -2.06.